The highest BCUT2D eigenvalue weighted by atomic mass is 19.4. The summed E-state index contributed by atoms with van der Waals surface area (Å²) < 4.78 is 47.1. The molecule has 1 aliphatic rings. The summed E-state index contributed by atoms with van der Waals surface area (Å²) in [6, 6.07) is 7.55. The van der Waals surface area contributed by atoms with E-state index in [1.165, 1.54) is 12.3 Å². The maximum absolute atomic E-state index is 13.7. The van der Waals surface area contributed by atoms with Gasteiger partial charge in [0.15, 0.2) is 11.7 Å². The normalized spacial score (nSPS) is 18.8. The van der Waals surface area contributed by atoms with E-state index in [1.54, 1.807) is 24.3 Å². The minimum absolute atomic E-state index is 0.0963. The zero-order chi connectivity index (χ0) is 20.8. The molecule has 9 heteroatoms. The Kier molecular flexibility index (Phi) is 4.60. The number of hydrogen-bond donors (Lipinski definition) is 2. The van der Waals surface area contributed by atoms with Gasteiger partial charge in [0.1, 0.15) is 11.6 Å². The Bertz CT molecular complexity index is 1020. The van der Waals surface area contributed by atoms with Crippen molar-refractivity contribution < 1.29 is 22.4 Å². The molecule has 1 aliphatic heterocycles. The maximum atomic E-state index is 13.7. The number of rotatable bonds is 3. The molecule has 4 rings (SSSR count). The number of carbonyl (C=O) groups is 1. The van der Waals surface area contributed by atoms with Gasteiger partial charge in [0, 0.05) is 18.2 Å². The zero-order valence-electron chi connectivity index (χ0n) is 15.7. The number of alkyl halides is 3. The van der Waals surface area contributed by atoms with Crippen molar-refractivity contribution in [1.29, 1.82) is 0 Å². The summed E-state index contributed by atoms with van der Waals surface area (Å²) >= 11 is 0. The van der Waals surface area contributed by atoms with Crippen molar-refractivity contribution in [3.05, 3.63) is 65.2 Å². The van der Waals surface area contributed by atoms with Gasteiger partial charge in [-0.05, 0) is 49.2 Å². The Labute approximate surface area is 164 Å². The lowest BCUT2D eigenvalue weighted by atomic mass is 10.0. The molecular weight excluding hydrogens is 385 g/mol. The van der Waals surface area contributed by atoms with Crippen LogP contribution in [0.4, 0.5) is 24.7 Å². The topological polar surface area (TPSA) is 72.1 Å². The highest BCUT2D eigenvalue weighted by Crippen LogP contribution is 2.43. The van der Waals surface area contributed by atoms with Gasteiger partial charge in [-0.25, -0.2) is 4.68 Å². The first-order chi connectivity index (χ1) is 13.7. The standard InChI is InChI=1S/C20H19F3N4O2/c1-11-6-12(2)8-13(7-11)24-19(28)15-10-18-25-14(16-4-3-5-29-16)9-17(20(21,22)23)27(18)26-15/h3-8,10,14,17,25H,9H2,1-2H3,(H,24,28)/t14-,17+/m1/s1. The van der Waals surface area contributed by atoms with Crippen molar-refractivity contribution in [3.63, 3.8) is 0 Å². The first-order valence-electron chi connectivity index (χ1n) is 9.06. The van der Waals surface area contributed by atoms with Crippen molar-refractivity contribution >= 4 is 17.4 Å². The Hall–Kier alpha value is -3.23. The van der Waals surface area contributed by atoms with E-state index in [9.17, 15) is 18.0 Å². The highest BCUT2D eigenvalue weighted by Gasteiger charge is 2.47. The van der Waals surface area contributed by atoms with Crippen LogP contribution in [0.25, 0.3) is 0 Å². The summed E-state index contributed by atoms with van der Waals surface area (Å²) in [6.45, 7) is 3.79. The van der Waals surface area contributed by atoms with E-state index >= 15 is 0 Å². The third kappa shape index (κ3) is 3.85. The van der Waals surface area contributed by atoms with Crippen LogP contribution < -0.4 is 10.6 Å². The van der Waals surface area contributed by atoms with Crippen molar-refractivity contribution in [2.24, 2.45) is 0 Å². The second-order valence-electron chi connectivity index (χ2n) is 7.20. The number of hydrogen-bond acceptors (Lipinski definition) is 4. The van der Waals surface area contributed by atoms with E-state index in [0.29, 0.717) is 11.4 Å². The van der Waals surface area contributed by atoms with Gasteiger partial charge in [0.25, 0.3) is 5.91 Å². The van der Waals surface area contributed by atoms with Crippen LogP contribution in [-0.4, -0.2) is 21.9 Å². The molecule has 0 radical (unpaired) electrons. The molecule has 0 saturated heterocycles. The lowest BCUT2D eigenvalue weighted by molar-refractivity contribution is -0.174. The molecule has 2 N–H and O–H groups in total. The Balaban J connectivity index is 1.64. The van der Waals surface area contributed by atoms with E-state index in [-0.39, 0.29) is 17.9 Å². The molecule has 3 aromatic rings. The van der Waals surface area contributed by atoms with Crippen LogP contribution >= 0.6 is 0 Å². The van der Waals surface area contributed by atoms with Crippen LogP contribution in [0.1, 0.15) is 45.9 Å². The molecule has 2 aromatic heterocycles. The average molecular weight is 404 g/mol. The quantitative estimate of drug-likeness (QED) is 0.644. The highest BCUT2D eigenvalue weighted by molar-refractivity contribution is 6.03. The number of amides is 1. The molecule has 0 unspecified atom stereocenters. The Morgan fingerprint density at radius 2 is 1.97 bits per heavy atom. The fraction of sp³-hybridized carbons (Fsp3) is 0.300. The van der Waals surface area contributed by atoms with Gasteiger partial charge in [-0.15, -0.1) is 0 Å². The van der Waals surface area contributed by atoms with Crippen LogP contribution in [0.5, 0.6) is 0 Å². The van der Waals surface area contributed by atoms with Crippen LogP contribution in [0, 0.1) is 13.8 Å². The van der Waals surface area contributed by atoms with Gasteiger partial charge in [0.05, 0.1) is 12.3 Å². The number of nitrogens with zero attached hydrogens (tertiary/aromatic N) is 2. The molecule has 0 fully saturated rings. The van der Waals surface area contributed by atoms with Gasteiger partial charge < -0.3 is 15.1 Å². The van der Waals surface area contributed by atoms with Gasteiger partial charge in [0.2, 0.25) is 0 Å². The Morgan fingerprint density at radius 1 is 1.24 bits per heavy atom. The second kappa shape index (κ2) is 6.98. The van der Waals surface area contributed by atoms with Crippen LogP contribution in [0.2, 0.25) is 0 Å². The van der Waals surface area contributed by atoms with Crippen LogP contribution in [-0.2, 0) is 0 Å². The molecule has 2 atom stereocenters. The van der Waals surface area contributed by atoms with Gasteiger partial charge in [-0.2, -0.15) is 18.3 Å². The summed E-state index contributed by atoms with van der Waals surface area (Å²) in [7, 11) is 0. The number of aromatic nitrogens is 2. The van der Waals surface area contributed by atoms with Gasteiger partial charge >= 0.3 is 6.18 Å². The molecule has 3 heterocycles. The van der Waals surface area contributed by atoms with E-state index in [1.807, 2.05) is 19.9 Å². The molecule has 152 valence electrons. The van der Waals surface area contributed by atoms with E-state index in [4.69, 9.17) is 4.42 Å². The third-order valence-corrected chi connectivity index (χ3v) is 4.79. The lowest BCUT2D eigenvalue weighted by Gasteiger charge is -2.32. The molecule has 0 spiro atoms. The van der Waals surface area contributed by atoms with Gasteiger partial charge in [-0.1, -0.05) is 6.07 Å². The van der Waals surface area contributed by atoms with Crippen LogP contribution in [0.15, 0.2) is 47.1 Å². The minimum atomic E-state index is -4.52. The SMILES string of the molecule is Cc1cc(C)cc(NC(=O)c2cc3n(n2)[C@H](C(F)(F)F)C[C@H](c2ccco2)N3)c1. The molecule has 29 heavy (non-hydrogen) atoms. The zero-order valence-corrected chi connectivity index (χ0v) is 15.7. The predicted molar refractivity (Wildman–Crippen MR) is 101 cm³/mol. The number of nitrogens with one attached hydrogen (secondary N) is 2. The van der Waals surface area contributed by atoms with Crippen molar-refractivity contribution in [1.82, 2.24) is 9.78 Å². The first-order valence-corrected chi connectivity index (χ1v) is 9.06. The van der Waals surface area contributed by atoms with Crippen LogP contribution in [0.3, 0.4) is 0 Å². The number of aryl methyl sites for hydroxylation is 2. The number of fused-ring (bicyclic) bond motifs is 1. The third-order valence-electron chi connectivity index (χ3n) is 4.79. The number of carbonyl (C=O) groups excluding carboxylic acids is 1. The van der Waals surface area contributed by atoms with Crippen molar-refractivity contribution in [3.8, 4) is 0 Å². The largest absolute Gasteiger partial charge is 0.467 e. The molecule has 0 aliphatic carbocycles. The number of benzene rings is 1. The monoisotopic (exact) mass is 404 g/mol. The number of halogens is 3. The molecular formula is C20H19F3N4O2. The lowest BCUT2D eigenvalue weighted by Crippen LogP contribution is -2.35. The first kappa shape index (κ1) is 19.1. The summed E-state index contributed by atoms with van der Waals surface area (Å²) in [4.78, 5) is 12.6. The smallest absolute Gasteiger partial charge is 0.410 e. The average Bonchev–Trinajstić information content (AvgIpc) is 3.28. The number of anilines is 2. The molecule has 0 bridgehead atoms. The second-order valence-corrected chi connectivity index (χ2v) is 7.20. The summed E-state index contributed by atoms with van der Waals surface area (Å²) in [5, 5.41) is 9.63. The van der Waals surface area contributed by atoms with E-state index < -0.39 is 24.2 Å². The summed E-state index contributed by atoms with van der Waals surface area (Å²) in [5.41, 5.74) is 2.39. The molecule has 1 aromatic carbocycles. The molecule has 1 amide bonds. The predicted octanol–water partition coefficient (Wildman–Crippen LogP) is 5.01. The molecule has 0 saturated carbocycles. The fourth-order valence-corrected chi connectivity index (χ4v) is 3.60. The van der Waals surface area contributed by atoms with E-state index in [2.05, 4.69) is 15.7 Å². The van der Waals surface area contributed by atoms with E-state index in [0.717, 1.165) is 15.8 Å². The number of furan rings is 1. The maximum Gasteiger partial charge on any atom is 0.410 e. The molecule has 6 nitrogen and oxygen atoms in total. The fourth-order valence-electron chi connectivity index (χ4n) is 3.60. The summed E-state index contributed by atoms with van der Waals surface area (Å²) in [6.07, 6.45) is -3.40. The summed E-state index contributed by atoms with van der Waals surface area (Å²) in [5.74, 6) is -0.0624. The Morgan fingerprint density at radius 3 is 2.59 bits per heavy atom. The minimum Gasteiger partial charge on any atom is -0.467 e. The van der Waals surface area contributed by atoms with Crippen molar-refractivity contribution in [2.75, 3.05) is 10.6 Å². The van der Waals surface area contributed by atoms with Gasteiger partial charge in [-0.3, -0.25) is 4.79 Å². The van der Waals surface area contributed by atoms with Crippen molar-refractivity contribution in [2.45, 2.75) is 38.5 Å².